The largest absolute Gasteiger partial charge is 0.488 e. The van der Waals surface area contributed by atoms with Gasteiger partial charge >= 0.3 is 0 Å². The number of aromatic nitrogens is 3. The third kappa shape index (κ3) is 7.06. The van der Waals surface area contributed by atoms with Crippen LogP contribution in [0.25, 0.3) is 10.9 Å². The molecular weight excluding hydrogens is 510 g/mol. The molecule has 2 heterocycles. The number of aliphatic hydroxyl groups excluding tert-OH is 2. The number of rotatable bonds is 12. The maximum absolute atomic E-state index is 11.9. The minimum atomic E-state index is -1.27. The van der Waals surface area contributed by atoms with E-state index < -0.39 is 18.1 Å². The summed E-state index contributed by atoms with van der Waals surface area (Å²) < 4.78 is 11.9. The molecule has 1 amide bonds. The fourth-order valence-corrected chi connectivity index (χ4v) is 3.85. The number of amides is 1. The quantitative estimate of drug-likeness (QED) is 0.213. The molecule has 0 saturated carbocycles. The Morgan fingerprint density at radius 3 is 2.71 bits per heavy atom. The van der Waals surface area contributed by atoms with Crippen LogP contribution in [-0.2, 0) is 11.4 Å². The molecule has 0 spiro atoms. The van der Waals surface area contributed by atoms with Crippen molar-refractivity contribution in [3.8, 4) is 11.5 Å². The summed E-state index contributed by atoms with van der Waals surface area (Å²) in [6.07, 6.45) is 1.43. The van der Waals surface area contributed by atoms with Gasteiger partial charge in [-0.15, -0.1) is 0 Å². The first-order valence-corrected chi connectivity index (χ1v) is 12.4. The van der Waals surface area contributed by atoms with E-state index in [1.165, 1.54) is 6.33 Å². The van der Waals surface area contributed by atoms with Crippen molar-refractivity contribution in [2.45, 2.75) is 32.2 Å². The Morgan fingerprint density at radius 2 is 1.95 bits per heavy atom. The van der Waals surface area contributed by atoms with Crippen molar-refractivity contribution in [1.29, 1.82) is 0 Å². The van der Waals surface area contributed by atoms with Gasteiger partial charge in [-0.2, -0.15) is 0 Å². The first-order chi connectivity index (χ1) is 18.4. The number of aliphatic hydroxyl groups is 2. The molecule has 4 rings (SSSR count). The molecule has 10 nitrogen and oxygen atoms in total. The molecule has 0 aliphatic carbocycles. The average Bonchev–Trinajstić information content (AvgIpc) is 2.92. The van der Waals surface area contributed by atoms with E-state index in [0.717, 1.165) is 5.69 Å². The van der Waals surface area contributed by atoms with E-state index in [0.29, 0.717) is 45.5 Å². The van der Waals surface area contributed by atoms with Gasteiger partial charge in [-0.1, -0.05) is 23.7 Å². The molecule has 0 bridgehead atoms. The van der Waals surface area contributed by atoms with Crippen LogP contribution in [0.5, 0.6) is 11.5 Å². The third-order valence-corrected chi connectivity index (χ3v) is 5.81. The molecular formula is C27H28ClN5O5. The predicted molar refractivity (Wildman–Crippen MR) is 144 cm³/mol. The molecule has 0 unspecified atom stereocenters. The summed E-state index contributed by atoms with van der Waals surface area (Å²) in [6, 6.07) is 16.4. The van der Waals surface area contributed by atoms with Gasteiger partial charge < -0.3 is 30.3 Å². The monoisotopic (exact) mass is 537 g/mol. The fraction of sp³-hybridized carbons (Fsp3) is 0.259. The van der Waals surface area contributed by atoms with E-state index in [2.05, 4.69) is 25.6 Å². The van der Waals surface area contributed by atoms with Crippen LogP contribution in [0.15, 0.2) is 67.1 Å². The Bertz CT molecular complexity index is 1370. The summed E-state index contributed by atoms with van der Waals surface area (Å²) in [6.45, 7) is 1.96. The highest BCUT2D eigenvalue weighted by molar-refractivity contribution is 6.32. The maximum atomic E-state index is 11.9. The minimum Gasteiger partial charge on any atom is -0.488 e. The molecule has 2 atom stereocenters. The maximum Gasteiger partial charge on any atom is 0.249 e. The molecule has 4 N–H and O–H groups in total. The zero-order chi connectivity index (χ0) is 26.9. The summed E-state index contributed by atoms with van der Waals surface area (Å²) >= 11 is 6.47. The number of pyridine rings is 1. The molecule has 0 radical (unpaired) electrons. The van der Waals surface area contributed by atoms with Gasteiger partial charge in [0.2, 0.25) is 5.91 Å². The van der Waals surface area contributed by atoms with Gasteiger partial charge in [-0.3, -0.25) is 9.78 Å². The minimum absolute atomic E-state index is 0.0296. The molecule has 11 heteroatoms. The number of benzene rings is 2. The lowest BCUT2D eigenvalue weighted by molar-refractivity contribution is -0.130. The first kappa shape index (κ1) is 27.1. The van der Waals surface area contributed by atoms with E-state index >= 15 is 0 Å². The Balaban J connectivity index is 1.47. The van der Waals surface area contributed by atoms with Crippen molar-refractivity contribution in [2.24, 2.45) is 0 Å². The van der Waals surface area contributed by atoms with Gasteiger partial charge in [0.15, 0.2) is 0 Å². The zero-order valence-corrected chi connectivity index (χ0v) is 21.4. The highest BCUT2D eigenvalue weighted by atomic mass is 35.5. The molecule has 0 fully saturated rings. The predicted octanol–water partition coefficient (Wildman–Crippen LogP) is 3.63. The topological polar surface area (TPSA) is 139 Å². The Morgan fingerprint density at radius 1 is 1.08 bits per heavy atom. The van der Waals surface area contributed by atoms with Crippen LogP contribution in [0, 0.1) is 0 Å². The van der Waals surface area contributed by atoms with Crippen molar-refractivity contribution in [3.05, 3.63) is 77.8 Å². The number of carbonyl (C=O) groups excluding carboxylic acids is 1. The summed E-state index contributed by atoms with van der Waals surface area (Å²) in [5.74, 6) is 0.991. The van der Waals surface area contributed by atoms with Crippen molar-refractivity contribution >= 4 is 39.9 Å². The number of nitrogens with one attached hydrogen (secondary N) is 2. The Kier molecular flexibility index (Phi) is 9.26. The lowest BCUT2D eigenvalue weighted by atomic mass is 10.2. The van der Waals surface area contributed by atoms with E-state index in [1.54, 1.807) is 31.3 Å². The van der Waals surface area contributed by atoms with E-state index in [4.69, 9.17) is 26.2 Å². The standard InChI is InChI=1S/C27H28ClN5O5/c1-17(14-30-27(36)22(35)10-12-34)38-24-7-4-6-21-25(24)26(32-16-31-21)33-18-8-9-23(20(28)13-18)37-15-19-5-2-3-11-29-19/h2-9,11,13,16-17,22,34-35H,10,12,14-15H2,1H3,(H,30,36)(H,31,32,33)/t17-,22-/m1/s1. The molecule has 4 aromatic rings. The first-order valence-electron chi connectivity index (χ1n) is 12.0. The normalized spacial score (nSPS) is 12.5. The summed E-state index contributed by atoms with van der Waals surface area (Å²) in [4.78, 5) is 24.9. The van der Waals surface area contributed by atoms with Crippen molar-refractivity contribution in [3.63, 3.8) is 0 Å². The SMILES string of the molecule is C[C@H](CNC(=O)[C@H](O)CCO)Oc1cccc2ncnc(Nc3ccc(OCc4ccccn4)c(Cl)c3)c12. The number of ether oxygens (including phenoxy) is 2. The summed E-state index contributed by atoms with van der Waals surface area (Å²) in [5.41, 5.74) is 2.14. The van der Waals surface area contributed by atoms with Crippen molar-refractivity contribution < 1.29 is 24.5 Å². The number of anilines is 2. The zero-order valence-electron chi connectivity index (χ0n) is 20.7. The van der Waals surface area contributed by atoms with Gasteiger partial charge in [0, 0.05) is 24.9 Å². The van der Waals surface area contributed by atoms with Gasteiger partial charge in [-0.25, -0.2) is 9.97 Å². The number of fused-ring (bicyclic) bond motifs is 1. The summed E-state index contributed by atoms with van der Waals surface area (Å²) in [7, 11) is 0. The lowest BCUT2D eigenvalue weighted by Crippen LogP contribution is -2.40. The number of hydrogen-bond donors (Lipinski definition) is 4. The Labute approximate surface area is 224 Å². The van der Waals surface area contributed by atoms with Gasteiger partial charge in [-0.05, 0) is 49.4 Å². The average molecular weight is 538 g/mol. The van der Waals surface area contributed by atoms with Crippen LogP contribution >= 0.6 is 11.6 Å². The molecule has 0 saturated heterocycles. The van der Waals surface area contributed by atoms with Crippen LogP contribution in [0.4, 0.5) is 11.5 Å². The number of halogens is 1. The molecule has 2 aromatic heterocycles. The van der Waals surface area contributed by atoms with E-state index in [9.17, 15) is 9.90 Å². The van der Waals surface area contributed by atoms with Crippen LogP contribution in [0.3, 0.4) is 0 Å². The van der Waals surface area contributed by atoms with Crippen LogP contribution in [-0.4, -0.2) is 56.4 Å². The number of nitrogens with zero attached hydrogens (tertiary/aromatic N) is 3. The highest BCUT2D eigenvalue weighted by Gasteiger charge is 2.17. The highest BCUT2D eigenvalue weighted by Crippen LogP contribution is 2.34. The molecule has 38 heavy (non-hydrogen) atoms. The third-order valence-electron chi connectivity index (χ3n) is 5.52. The molecule has 0 aliphatic rings. The molecule has 2 aromatic carbocycles. The van der Waals surface area contributed by atoms with Crippen molar-refractivity contribution in [1.82, 2.24) is 20.3 Å². The molecule has 198 valence electrons. The van der Waals surface area contributed by atoms with Crippen LogP contribution < -0.4 is 20.1 Å². The second kappa shape index (κ2) is 13.0. The summed E-state index contributed by atoms with van der Waals surface area (Å²) in [5, 5.41) is 25.6. The van der Waals surface area contributed by atoms with E-state index in [-0.39, 0.29) is 19.6 Å². The van der Waals surface area contributed by atoms with E-state index in [1.807, 2.05) is 36.4 Å². The fourth-order valence-electron chi connectivity index (χ4n) is 3.61. The lowest BCUT2D eigenvalue weighted by Gasteiger charge is -2.19. The van der Waals surface area contributed by atoms with Crippen LogP contribution in [0.1, 0.15) is 19.0 Å². The second-order valence-corrected chi connectivity index (χ2v) is 8.86. The number of hydrogen-bond acceptors (Lipinski definition) is 9. The van der Waals surface area contributed by atoms with Gasteiger partial charge in [0.05, 0.1) is 28.2 Å². The van der Waals surface area contributed by atoms with Crippen molar-refractivity contribution in [2.75, 3.05) is 18.5 Å². The van der Waals surface area contributed by atoms with Gasteiger partial charge in [0.1, 0.15) is 42.5 Å². The smallest absolute Gasteiger partial charge is 0.249 e. The van der Waals surface area contributed by atoms with Crippen LogP contribution in [0.2, 0.25) is 5.02 Å². The Hall–Kier alpha value is -3.99. The second-order valence-electron chi connectivity index (χ2n) is 8.45. The number of carbonyl (C=O) groups is 1. The van der Waals surface area contributed by atoms with Gasteiger partial charge in [0.25, 0.3) is 0 Å². The molecule has 0 aliphatic heterocycles.